The number of aromatic nitrogens is 2. The fraction of sp³-hybridized carbons (Fsp3) is 0.600. The molecule has 2 amide bonds. The van der Waals surface area contributed by atoms with Gasteiger partial charge < -0.3 is 15.6 Å². The molecule has 1 atom stereocenters. The monoisotopic (exact) mass is 308 g/mol. The number of imidazole rings is 1. The van der Waals surface area contributed by atoms with Gasteiger partial charge in [0.15, 0.2) is 5.78 Å². The lowest BCUT2D eigenvalue weighted by Gasteiger charge is -2.09. The summed E-state index contributed by atoms with van der Waals surface area (Å²) in [6.45, 7) is 4.30. The lowest BCUT2D eigenvalue weighted by atomic mass is 10.0. The molecule has 1 rings (SSSR count). The van der Waals surface area contributed by atoms with E-state index in [1.54, 1.807) is 12.5 Å². The SMILES string of the molecule is CCC(C)C(=O)CNC(=O)CCC(=O)NCCc1cnc[nH]1. The van der Waals surface area contributed by atoms with Gasteiger partial charge in [0.2, 0.25) is 11.8 Å². The van der Waals surface area contributed by atoms with Gasteiger partial charge in [0.1, 0.15) is 0 Å². The van der Waals surface area contributed by atoms with Gasteiger partial charge in [-0.25, -0.2) is 4.98 Å². The first-order chi connectivity index (χ1) is 10.5. The average molecular weight is 308 g/mol. The van der Waals surface area contributed by atoms with Crippen LogP contribution in [0.15, 0.2) is 12.5 Å². The van der Waals surface area contributed by atoms with E-state index in [1.807, 2.05) is 13.8 Å². The molecule has 0 aliphatic rings. The van der Waals surface area contributed by atoms with Gasteiger partial charge in [0.05, 0.1) is 12.9 Å². The predicted octanol–water partition coefficient (Wildman–Crippen LogP) is 0.580. The Hall–Kier alpha value is -2.18. The Morgan fingerprint density at radius 3 is 2.50 bits per heavy atom. The van der Waals surface area contributed by atoms with E-state index in [0.29, 0.717) is 13.0 Å². The zero-order chi connectivity index (χ0) is 16.4. The van der Waals surface area contributed by atoms with E-state index in [1.165, 1.54) is 0 Å². The van der Waals surface area contributed by atoms with Gasteiger partial charge in [-0.1, -0.05) is 13.8 Å². The van der Waals surface area contributed by atoms with Crippen LogP contribution in [0.5, 0.6) is 0 Å². The third kappa shape index (κ3) is 7.01. The van der Waals surface area contributed by atoms with Crippen molar-refractivity contribution in [3.63, 3.8) is 0 Å². The number of rotatable bonds is 10. The Labute approximate surface area is 130 Å². The third-order valence-corrected chi connectivity index (χ3v) is 3.47. The molecule has 22 heavy (non-hydrogen) atoms. The number of carbonyl (C=O) groups excluding carboxylic acids is 3. The molecule has 1 aromatic heterocycles. The summed E-state index contributed by atoms with van der Waals surface area (Å²) < 4.78 is 0. The maximum atomic E-state index is 11.6. The zero-order valence-corrected chi connectivity index (χ0v) is 13.1. The summed E-state index contributed by atoms with van der Waals surface area (Å²) in [4.78, 5) is 41.5. The van der Waals surface area contributed by atoms with Crippen molar-refractivity contribution in [3.8, 4) is 0 Å². The van der Waals surface area contributed by atoms with E-state index < -0.39 is 0 Å². The van der Waals surface area contributed by atoms with Crippen LogP contribution in [0.1, 0.15) is 38.8 Å². The van der Waals surface area contributed by atoms with Crippen molar-refractivity contribution in [3.05, 3.63) is 18.2 Å². The number of nitrogens with zero attached hydrogens (tertiary/aromatic N) is 1. The molecule has 0 saturated heterocycles. The highest BCUT2D eigenvalue weighted by Gasteiger charge is 2.12. The maximum absolute atomic E-state index is 11.6. The smallest absolute Gasteiger partial charge is 0.220 e. The topological polar surface area (TPSA) is 104 Å². The summed E-state index contributed by atoms with van der Waals surface area (Å²) in [6, 6.07) is 0. The van der Waals surface area contributed by atoms with Crippen LogP contribution in [0.25, 0.3) is 0 Å². The molecular weight excluding hydrogens is 284 g/mol. The second-order valence-electron chi connectivity index (χ2n) is 5.23. The number of hydrogen-bond acceptors (Lipinski definition) is 4. The van der Waals surface area contributed by atoms with E-state index in [-0.39, 0.29) is 42.9 Å². The number of Topliss-reactive ketones (excluding diaryl/α,β-unsaturated/α-hetero) is 1. The molecule has 0 aliphatic carbocycles. The van der Waals surface area contributed by atoms with Gasteiger partial charge in [0.25, 0.3) is 0 Å². The quantitative estimate of drug-likeness (QED) is 0.588. The minimum absolute atomic E-state index is 0.0138. The van der Waals surface area contributed by atoms with Gasteiger partial charge in [-0.15, -0.1) is 0 Å². The van der Waals surface area contributed by atoms with Crippen molar-refractivity contribution in [2.45, 2.75) is 39.5 Å². The second kappa shape index (κ2) is 9.70. The van der Waals surface area contributed by atoms with Crippen LogP contribution in [-0.4, -0.2) is 40.7 Å². The molecule has 1 unspecified atom stereocenters. The van der Waals surface area contributed by atoms with Crippen LogP contribution in [0.4, 0.5) is 0 Å². The van der Waals surface area contributed by atoms with Crippen LogP contribution in [0.3, 0.4) is 0 Å². The standard InChI is InChI=1S/C15H24N4O3/c1-3-11(2)13(20)9-18-15(22)5-4-14(21)17-7-6-12-8-16-10-19-12/h8,10-11H,3-7,9H2,1-2H3,(H,16,19)(H,17,21)(H,18,22). The molecule has 1 heterocycles. The zero-order valence-electron chi connectivity index (χ0n) is 13.1. The van der Waals surface area contributed by atoms with Gasteiger partial charge in [-0.3, -0.25) is 14.4 Å². The van der Waals surface area contributed by atoms with Gasteiger partial charge >= 0.3 is 0 Å². The van der Waals surface area contributed by atoms with Crippen LogP contribution in [-0.2, 0) is 20.8 Å². The number of amides is 2. The van der Waals surface area contributed by atoms with Gasteiger partial charge in [0, 0.05) is 43.6 Å². The molecule has 0 spiro atoms. The first kappa shape index (κ1) is 17.9. The van der Waals surface area contributed by atoms with Gasteiger partial charge in [-0.2, -0.15) is 0 Å². The Morgan fingerprint density at radius 2 is 1.91 bits per heavy atom. The Bertz CT molecular complexity index is 485. The number of hydrogen-bond donors (Lipinski definition) is 3. The average Bonchev–Trinajstić information content (AvgIpc) is 3.03. The summed E-state index contributed by atoms with van der Waals surface area (Å²) in [5.74, 6) is -0.491. The van der Waals surface area contributed by atoms with Gasteiger partial charge in [-0.05, 0) is 6.42 Å². The fourth-order valence-electron chi connectivity index (χ4n) is 1.75. The van der Waals surface area contributed by atoms with Crippen molar-refractivity contribution in [2.75, 3.05) is 13.1 Å². The molecular formula is C15H24N4O3. The highest BCUT2D eigenvalue weighted by Crippen LogP contribution is 2.01. The summed E-state index contributed by atoms with van der Waals surface area (Å²) >= 11 is 0. The van der Waals surface area contributed by atoms with Crippen molar-refractivity contribution in [2.24, 2.45) is 5.92 Å². The number of aromatic amines is 1. The van der Waals surface area contributed by atoms with Crippen LogP contribution < -0.4 is 10.6 Å². The lowest BCUT2D eigenvalue weighted by molar-refractivity contribution is -0.128. The molecule has 0 saturated carbocycles. The highest BCUT2D eigenvalue weighted by atomic mass is 16.2. The minimum Gasteiger partial charge on any atom is -0.356 e. The first-order valence-electron chi connectivity index (χ1n) is 7.56. The Kier molecular flexibility index (Phi) is 7.88. The summed E-state index contributed by atoms with van der Waals surface area (Å²) in [6.07, 6.45) is 4.92. The summed E-state index contributed by atoms with van der Waals surface area (Å²) in [5.41, 5.74) is 0.946. The fourth-order valence-corrected chi connectivity index (χ4v) is 1.75. The molecule has 0 radical (unpaired) electrons. The van der Waals surface area contributed by atoms with Crippen molar-refractivity contribution >= 4 is 17.6 Å². The molecule has 0 bridgehead atoms. The highest BCUT2D eigenvalue weighted by molar-refractivity contribution is 5.88. The normalized spacial score (nSPS) is 11.7. The Balaban J connectivity index is 2.10. The number of H-pyrrole nitrogens is 1. The first-order valence-corrected chi connectivity index (χ1v) is 7.56. The van der Waals surface area contributed by atoms with E-state index in [4.69, 9.17) is 0 Å². The second-order valence-corrected chi connectivity index (χ2v) is 5.23. The maximum Gasteiger partial charge on any atom is 0.220 e. The molecule has 0 aliphatic heterocycles. The summed E-state index contributed by atoms with van der Waals surface area (Å²) in [5, 5.41) is 5.28. The van der Waals surface area contributed by atoms with Crippen molar-refractivity contribution in [1.82, 2.24) is 20.6 Å². The Morgan fingerprint density at radius 1 is 1.23 bits per heavy atom. The molecule has 7 heteroatoms. The van der Waals surface area contributed by atoms with E-state index in [9.17, 15) is 14.4 Å². The van der Waals surface area contributed by atoms with Crippen molar-refractivity contribution < 1.29 is 14.4 Å². The molecule has 7 nitrogen and oxygen atoms in total. The van der Waals surface area contributed by atoms with Crippen molar-refractivity contribution in [1.29, 1.82) is 0 Å². The molecule has 0 aromatic carbocycles. The van der Waals surface area contributed by atoms with E-state index in [0.717, 1.165) is 12.1 Å². The molecule has 0 fully saturated rings. The summed E-state index contributed by atoms with van der Waals surface area (Å²) in [7, 11) is 0. The van der Waals surface area contributed by atoms with Crippen LogP contribution in [0, 0.1) is 5.92 Å². The molecule has 1 aromatic rings. The molecule has 122 valence electrons. The lowest BCUT2D eigenvalue weighted by Crippen LogP contribution is -2.33. The van der Waals surface area contributed by atoms with E-state index in [2.05, 4.69) is 20.6 Å². The largest absolute Gasteiger partial charge is 0.356 e. The predicted molar refractivity (Wildman–Crippen MR) is 82.0 cm³/mol. The number of nitrogens with one attached hydrogen (secondary N) is 3. The van der Waals surface area contributed by atoms with E-state index >= 15 is 0 Å². The third-order valence-electron chi connectivity index (χ3n) is 3.47. The van der Waals surface area contributed by atoms with Crippen LogP contribution in [0.2, 0.25) is 0 Å². The van der Waals surface area contributed by atoms with Crippen LogP contribution >= 0.6 is 0 Å². The minimum atomic E-state index is -0.277. The molecule has 3 N–H and O–H groups in total. The number of ketones is 1. The number of carbonyl (C=O) groups is 3.